The van der Waals surface area contributed by atoms with Crippen LogP contribution in [0.3, 0.4) is 0 Å². The Morgan fingerprint density at radius 2 is 2.17 bits per heavy atom. The smallest absolute Gasteiger partial charge is 0.181 e. The number of aromatic nitrogens is 1. The fraction of sp³-hybridized carbons (Fsp3) is 0.350. The molecule has 2 atom stereocenters. The van der Waals surface area contributed by atoms with Gasteiger partial charge in [-0.3, -0.25) is 4.79 Å². The molecule has 0 radical (unpaired) electrons. The monoisotopic (exact) mass is 307 g/mol. The lowest BCUT2D eigenvalue weighted by molar-refractivity contribution is -0.112. The Morgan fingerprint density at radius 1 is 1.35 bits per heavy atom. The van der Waals surface area contributed by atoms with Crippen molar-refractivity contribution in [3.8, 4) is 0 Å². The summed E-state index contributed by atoms with van der Waals surface area (Å²) in [6, 6.07) is 8.09. The van der Waals surface area contributed by atoms with Gasteiger partial charge in [-0.25, -0.2) is 0 Å². The maximum atomic E-state index is 12.5. The number of carbonyl (C=O) groups excluding carboxylic acids is 1. The van der Waals surface area contributed by atoms with Crippen LogP contribution >= 0.6 is 0 Å². The lowest BCUT2D eigenvalue weighted by Crippen LogP contribution is -2.40. The van der Waals surface area contributed by atoms with E-state index in [4.69, 9.17) is 0 Å². The number of hydrogen-bond donors (Lipinski definition) is 2. The third kappa shape index (κ3) is 2.27. The molecule has 4 rings (SSSR count). The van der Waals surface area contributed by atoms with Crippen LogP contribution in [0.15, 0.2) is 47.7 Å². The van der Waals surface area contributed by atoms with E-state index in [-0.39, 0.29) is 17.3 Å². The van der Waals surface area contributed by atoms with Crippen molar-refractivity contribution >= 4 is 22.8 Å². The molecule has 1 fully saturated rings. The first-order valence-electron chi connectivity index (χ1n) is 8.28. The number of nitrogens with one attached hydrogen (secondary N) is 1. The summed E-state index contributed by atoms with van der Waals surface area (Å²) in [6.45, 7) is 2.10. The van der Waals surface area contributed by atoms with Crippen molar-refractivity contribution < 1.29 is 9.90 Å². The number of allylic oxidation sites excluding steroid dienone is 2. The number of fused-ring (bicyclic) bond motifs is 2. The van der Waals surface area contributed by atoms with Gasteiger partial charge in [-0.1, -0.05) is 30.7 Å². The summed E-state index contributed by atoms with van der Waals surface area (Å²) >= 11 is 0. The Bertz CT molecular complexity index is 842. The van der Waals surface area contributed by atoms with Gasteiger partial charge in [0.2, 0.25) is 0 Å². The molecule has 0 saturated heterocycles. The van der Waals surface area contributed by atoms with E-state index >= 15 is 0 Å². The van der Waals surface area contributed by atoms with Gasteiger partial charge in [-0.2, -0.15) is 0 Å². The highest BCUT2D eigenvalue weighted by molar-refractivity contribution is 6.09. The van der Waals surface area contributed by atoms with Crippen molar-refractivity contribution in [1.82, 2.24) is 4.98 Å². The predicted octanol–water partition coefficient (Wildman–Crippen LogP) is 4.00. The van der Waals surface area contributed by atoms with Crippen molar-refractivity contribution in [2.45, 2.75) is 38.7 Å². The van der Waals surface area contributed by atoms with Crippen LogP contribution in [0.2, 0.25) is 0 Å². The van der Waals surface area contributed by atoms with E-state index in [0.29, 0.717) is 6.42 Å². The zero-order valence-electron chi connectivity index (χ0n) is 13.3. The second kappa shape index (κ2) is 5.20. The third-order valence-electron chi connectivity index (χ3n) is 5.52. The molecule has 0 aliphatic heterocycles. The number of para-hydroxylation sites is 1. The predicted molar refractivity (Wildman–Crippen MR) is 91.9 cm³/mol. The number of aliphatic hydroxyl groups is 1. The Kier molecular flexibility index (Phi) is 3.27. The maximum Gasteiger partial charge on any atom is 0.181 e. The first-order valence-corrected chi connectivity index (χ1v) is 8.28. The zero-order valence-corrected chi connectivity index (χ0v) is 13.3. The highest BCUT2D eigenvalue weighted by Crippen LogP contribution is 2.48. The van der Waals surface area contributed by atoms with Gasteiger partial charge in [0.1, 0.15) is 0 Å². The molecule has 0 spiro atoms. The van der Waals surface area contributed by atoms with Gasteiger partial charge in [0.25, 0.3) is 0 Å². The van der Waals surface area contributed by atoms with Crippen LogP contribution < -0.4 is 0 Å². The van der Waals surface area contributed by atoms with Gasteiger partial charge in [0.05, 0.1) is 6.10 Å². The number of hydrogen-bond acceptors (Lipinski definition) is 2. The summed E-state index contributed by atoms with van der Waals surface area (Å²) in [6.07, 6.45) is 8.69. The van der Waals surface area contributed by atoms with Crippen molar-refractivity contribution in [2.75, 3.05) is 0 Å². The van der Waals surface area contributed by atoms with E-state index in [1.54, 1.807) is 6.08 Å². The van der Waals surface area contributed by atoms with Crippen LogP contribution in [0, 0.1) is 5.41 Å². The van der Waals surface area contributed by atoms with Crippen LogP contribution in [0.5, 0.6) is 0 Å². The van der Waals surface area contributed by atoms with Gasteiger partial charge in [-0.05, 0) is 43.9 Å². The second-order valence-corrected chi connectivity index (χ2v) is 7.00. The summed E-state index contributed by atoms with van der Waals surface area (Å²) < 4.78 is 0. The van der Waals surface area contributed by atoms with Gasteiger partial charge < -0.3 is 10.1 Å². The van der Waals surface area contributed by atoms with Gasteiger partial charge >= 0.3 is 0 Å². The number of aliphatic hydroxyl groups excluding tert-OH is 1. The van der Waals surface area contributed by atoms with Crippen LogP contribution in [0.25, 0.3) is 17.0 Å². The highest BCUT2D eigenvalue weighted by atomic mass is 16.3. The molecule has 1 heterocycles. The second-order valence-electron chi connectivity index (χ2n) is 7.00. The fourth-order valence-corrected chi connectivity index (χ4v) is 4.03. The molecule has 2 aliphatic rings. The molecule has 0 amide bonds. The minimum absolute atomic E-state index is 0.0943. The van der Waals surface area contributed by atoms with E-state index in [9.17, 15) is 9.90 Å². The van der Waals surface area contributed by atoms with Crippen molar-refractivity contribution in [1.29, 1.82) is 0 Å². The first-order chi connectivity index (χ1) is 11.1. The SMILES string of the molecule is C[C@]12C/C(=C\c3c[nH]c4ccccc34)C(=O)C=C1CCC[C@@H]2O. The molecule has 3 nitrogen and oxygen atoms in total. The quantitative estimate of drug-likeness (QED) is 0.782. The fourth-order valence-electron chi connectivity index (χ4n) is 4.03. The largest absolute Gasteiger partial charge is 0.392 e. The number of aromatic amines is 1. The normalized spacial score (nSPS) is 29.7. The standard InChI is InChI=1S/C20H21NO2/c1-20-11-13(18(22)10-15(20)5-4-8-19(20)23)9-14-12-21-17-7-3-2-6-16(14)17/h2-3,6-7,9-10,12,19,21,23H,4-5,8,11H2,1H3/b13-9+/t19-,20-/m0/s1. The number of ketones is 1. The average Bonchev–Trinajstić information content (AvgIpc) is 2.94. The third-order valence-corrected chi connectivity index (χ3v) is 5.52. The number of carbonyl (C=O) groups is 1. The molecule has 0 bridgehead atoms. The Labute approximate surface area is 135 Å². The van der Waals surface area contributed by atoms with E-state index in [1.165, 1.54) is 0 Å². The average molecular weight is 307 g/mol. The molecule has 2 N–H and O–H groups in total. The molecular weight excluding hydrogens is 286 g/mol. The Balaban J connectivity index is 1.77. The number of benzene rings is 1. The van der Waals surface area contributed by atoms with E-state index < -0.39 is 0 Å². The van der Waals surface area contributed by atoms with Crippen LogP contribution in [0.1, 0.15) is 38.2 Å². The minimum Gasteiger partial charge on any atom is -0.392 e. The van der Waals surface area contributed by atoms with Crippen molar-refractivity contribution in [2.24, 2.45) is 5.41 Å². The molecule has 118 valence electrons. The summed E-state index contributed by atoms with van der Waals surface area (Å²) in [5, 5.41) is 11.6. The summed E-state index contributed by atoms with van der Waals surface area (Å²) in [7, 11) is 0. The molecular formula is C20H21NO2. The molecule has 2 aliphatic carbocycles. The lowest BCUT2D eigenvalue weighted by atomic mass is 9.63. The molecule has 3 heteroatoms. The number of H-pyrrole nitrogens is 1. The summed E-state index contributed by atoms with van der Waals surface area (Å²) in [5.74, 6) is 0.0943. The van der Waals surface area contributed by atoms with E-state index in [2.05, 4.69) is 18.0 Å². The molecule has 1 aromatic carbocycles. The Morgan fingerprint density at radius 3 is 3.04 bits per heavy atom. The molecule has 2 aromatic rings. The van der Waals surface area contributed by atoms with Crippen molar-refractivity contribution in [3.63, 3.8) is 0 Å². The van der Waals surface area contributed by atoms with Crippen LogP contribution in [-0.2, 0) is 4.79 Å². The Hall–Kier alpha value is -2.13. The lowest BCUT2D eigenvalue weighted by Gasteiger charge is -2.43. The van der Waals surface area contributed by atoms with Crippen molar-refractivity contribution in [3.05, 3.63) is 53.2 Å². The molecule has 1 saturated carbocycles. The first kappa shape index (κ1) is 14.5. The van der Waals surface area contributed by atoms with Gasteiger partial charge in [-0.15, -0.1) is 0 Å². The minimum atomic E-state index is -0.359. The van der Waals surface area contributed by atoms with Crippen LogP contribution in [0.4, 0.5) is 0 Å². The summed E-state index contributed by atoms with van der Waals surface area (Å²) in [5.41, 5.74) is 3.74. The highest BCUT2D eigenvalue weighted by Gasteiger charge is 2.43. The van der Waals surface area contributed by atoms with Crippen LogP contribution in [-0.4, -0.2) is 22.0 Å². The van der Waals surface area contributed by atoms with E-state index in [0.717, 1.165) is 46.9 Å². The topological polar surface area (TPSA) is 53.1 Å². The maximum absolute atomic E-state index is 12.5. The summed E-state index contributed by atoms with van der Waals surface area (Å²) in [4.78, 5) is 15.8. The molecule has 1 aromatic heterocycles. The van der Waals surface area contributed by atoms with Gasteiger partial charge in [0.15, 0.2) is 5.78 Å². The van der Waals surface area contributed by atoms with Gasteiger partial charge in [0, 0.05) is 33.7 Å². The zero-order chi connectivity index (χ0) is 16.0. The molecule has 23 heavy (non-hydrogen) atoms. The number of rotatable bonds is 1. The van der Waals surface area contributed by atoms with E-state index in [1.807, 2.05) is 30.5 Å². The molecule has 0 unspecified atom stereocenters.